The second-order valence-electron chi connectivity index (χ2n) is 4.44. The Morgan fingerprint density at radius 2 is 2.06 bits per heavy atom. The maximum Gasteiger partial charge on any atom is 0.123 e. The number of hydrogen-bond donors (Lipinski definition) is 1. The van der Waals surface area contributed by atoms with Crippen LogP contribution in [0.15, 0.2) is 24.3 Å². The van der Waals surface area contributed by atoms with Gasteiger partial charge < -0.3 is 10.1 Å². The standard InChI is InChI=1S/C14H22N2OS/c1-15-12-13-4-2-3-5-14(13)17-9-6-16-7-10-18-11-8-16/h2-5,15H,6-12H2,1H3. The van der Waals surface area contributed by atoms with Crippen LogP contribution in [-0.2, 0) is 6.54 Å². The van der Waals surface area contributed by atoms with Crippen molar-refractivity contribution in [2.45, 2.75) is 6.54 Å². The van der Waals surface area contributed by atoms with Crippen LogP contribution in [0.25, 0.3) is 0 Å². The first-order valence-corrected chi connectivity index (χ1v) is 7.71. The normalized spacial score (nSPS) is 16.7. The molecule has 0 aromatic heterocycles. The van der Waals surface area contributed by atoms with E-state index in [0.717, 1.165) is 25.4 Å². The van der Waals surface area contributed by atoms with Gasteiger partial charge in [0, 0.05) is 43.2 Å². The Labute approximate surface area is 114 Å². The number of rotatable bonds is 6. The Hall–Kier alpha value is -0.710. The molecule has 1 aliphatic heterocycles. The molecular weight excluding hydrogens is 244 g/mol. The molecule has 100 valence electrons. The Morgan fingerprint density at radius 3 is 2.83 bits per heavy atom. The first-order valence-electron chi connectivity index (χ1n) is 6.55. The maximum absolute atomic E-state index is 5.90. The molecule has 0 saturated carbocycles. The van der Waals surface area contributed by atoms with Gasteiger partial charge in [0.15, 0.2) is 0 Å². The lowest BCUT2D eigenvalue weighted by Crippen LogP contribution is -2.35. The molecule has 1 aromatic carbocycles. The number of thioether (sulfide) groups is 1. The van der Waals surface area contributed by atoms with Crippen molar-refractivity contribution in [3.63, 3.8) is 0 Å². The lowest BCUT2D eigenvalue weighted by Gasteiger charge is -2.26. The number of nitrogens with one attached hydrogen (secondary N) is 1. The zero-order chi connectivity index (χ0) is 12.6. The van der Waals surface area contributed by atoms with E-state index >= 15 is 0 Å². The molecule has 1 aliphatic rings. The average molecular weight is 266 g/mol. The summed E-state index contributed by atoms with van der Waals surface area (Å²) < 4.78 is 5.90. The van der Waals surface area contributed by atoms with E-state index in [1.807, 2.05) is 24.9 Å². The van der Waals surface area contributed by atoms with E-state index in [1.54, 1.807) is 0 Å². The fourth-order valence-corrected chi connectivity index (χ4v) is 3.07. The molecule has 0 radical (unpaired) electrons. The van der Waals surface area contributed by atoms with Crippen LogP contribution in [0.5, 0.6) is 5.75 Å². The van der Waals surface area contributed by atoms with Crippen molar-refractivity contribution >= 4 is 11.8 Å². The summed E-state index contributed by atoms with van der Waals surface area (Å²) in [6.07, 6.45) is 0. The van der Waals surface area contributed by atoms with Crippen LogP contribution >= 0.6 is 11.8 Å². The quantitative estimate of drug-likeness (QED) is 0.849. The van der Waals surface area contributed by atoms with Gasteiger partial charge in [-0.05, 0) is 13.1 Å². The highest BCUT2D eigenvalue weighted by Crippen LogP contribution is 2.17. The molecule has 0 amide bonds. The molecule has 0 unspecified atom stereocenters. The van der Waals surface area contributed by atoms with E-state index in [1.165, 1.54) is 30.2 Å². The smallest absolute Gasteiger partial charge is 0.123 e. The first kappa shape index (κ1) is 13.7. The predicted octanol–water partition coefficient (Wildman–Crippen LogP) is 1.83. The van der Waals surface area contributed by atoms with Crippen molar-refractivity contribution in [3.8, 4) is 5.75 Å². The van der Waals surface area contributed by atoms with E-state index in [-0.39, 0.29) is 0 Å². The summed E-state index contributed by atoms with van der Waals surface area (Å²) in [6, 6.07) is 8.26. The highest BCUT2D eigenvalue weighted by Gasteiger charge is 2.10. The fourth-order valence-electron chi connectivity index (χ4n) is 2.09. The molecule has 0 atom stereocenters. The molecule has 1 fully saturated rings. The molecule has 2 rings (SSSR count). The molecule has 3 nitrogen and oxygen atoms in total. The van der Waals surface area contributed by atoms with E-state index in [9.17, 15) is 0 Å². The zero-order valence-electron chi connectivity index (χ0n) is 11.0. The molecule has 1 heterocycles. The van der Waals surface area contributed by atoms with Gasteiger partial charge in [0.25, 0.3) is 0 Å². The van der Waals surface area contributed by atoms with Crippen molar-refractivity contribution < 1.29 is 4.74 Å². The Morgan fingerprint density at radius 1 is 1.28 bits per heavy atom. The largest absolute Gasteiger partial charge is 0.492 e. The summed E-state index contributed by atoms with van der Waals surface area (Å²) in [6.45, 7) is 5.08. The predicted molar refractivity (Wildman–Crippen MR) is 78.5 cm³/mol. The molecule has 0 spiro atoms. The topological polar surface area (TPSA) is 24.5 Å². The van der Waals surface area contributed by atoms with Gasteiger partial charge in [0.05, 0.1) is 0 Å². The zero-order valence-corrected chi connectivity index (χ0v) is 11.8. The van der Waals surface area contributed by atoms with Crippen LogP contribution in [0.1, 0.15) is 5.56 Å². The Balaban J connectivity index is 1.78. The Kier molecular flexibility index (Phi) is 5.84. The first-order chi connectivity index (χ1) is 8.90. The minimum Gasteiger partial charge on any atom is -0.492 e. The second-order valence-corrected chi connectivity index (χ2v) is 5.67. The van der Waals surface area contributed by atoms with Gasteiger partial charge in [-0.2, -0.15) is 11.8 Å². The minimum atomic E-state index is 0.783. The van der Waals surface area contributed by atoms with E-state index < -0.39 is 0 Å². The van der Waals surface area contributed by atoms with Crippen molar-refractivity contribution in [2.75, 3.05) is 44.8 Å². The minimum absolute atomic E-state index is 0.783. The van der Waals surface area contributed by atoms with Gasteiger partial charge in [-0.1, -0.05) is 18.2 Å². The molecule has 1 aromatic rings. The maximum atomic E-state index is 5.90. The van der Waals surface area contributed by atoms with Crippen molar-refractivity contribution in [3.05, 3.63) is 29.8 Å². The summed E-state index contributed by atoms with van der Waals surface area (Å²) >= 11 is 2.05. The molecule has 0 bridgehead atoms. The van der Waals surface area contributed by atoms with Gasteiger partial charge in [0.2, 0.25) is 0 Å². The van der Waals surface area contributed by atoms with Gasteiger partial charge in [-0.15, -0.1) is 0 Å². The highest BCUT2D eigenvalue weighted by atomic mass is 32.2. The molecule has 1 saturated heterocycles. The fraction of sp³-hybridized carbons (Fsp3) is 0.571. The highest BCUT2D eigenvalue weighted by molar-refractivity contribution is 7.99. The summed E-state index contributed by atoms with van der Waals surface area (Å²) in [5.41, 5.74) is 1.23. The number of hydrogen-bond acceptors (Lipinski definition) is 4. The molecular formula is C14H22N2OS. The summed E-state index contributed by atoms with van der Waals surface area (Å²) in [5.74, 6) is 3.53. The van der Waals surface area contributed by atoms with Crippen molar-refractivity contribution in [2.24, 2.45) is 0 Å². The monoisotopic (exact) mass is 266 g/mol. The number of ether oxygens (including phenoxy) is 1. The number of para-hydroxylation sites is 1. The number of nitrogens with zero attached hydrogens (tertiary/aromatic N) is 1. The summed E-state index contributed by atoms with van der Waals surface area (Å²) in [7, 11) is 1.96. The average Bonchev–Trinajstić information content (AvgIpc) is 2.42. The van der Waals surface area contributed by atoms with Crippen LogP contribution in [0.3, 0.4) is 0 Å². The molecule has 4 heteroatoms. The lowest BCUT2D eigenvalue weighted by molar-refractivity contribution is 0.221. The van der Waals surface area contributed by atoms with Crippen molar-refractivity contribution in [1.82, 2.24) is 10.2 Å². The van der Waals surface area contributed by atoms with Crippen LogP contribution < -0.4 is 10.1 Å². The van der Waals surface area contributed by atoms with Crippen LogP contribution in [0, 0.1) is 0 Å². The lowest BCUT2D eigenvalue weighted by atomic mass is 10.2. The summed E-state index contributed by atoms with van der Waals surface area (Å²) in [5, 5.41) is 3.17. The molecule has 1 N–H and O–H groups in total. The van der Waals surface area contributed by atoms with Gasteiger partial charge in [-0.25, -0.2) is 0 Å². The van der Waals surface area contributed by atoms with Crippen LogP contribution in [-0.4, -0.2) is 49.7 Å². The third-order valence-corrected chi connectivity index (χ3v) is 4.05. The molecule has 18 heavy (non-hydrogen) atoms. The van der Waals surface area contributed by atoms with Gasteiger partial charge >= 0.3 is 0 Å². The van der Waals surface area contributed by atoms with Crippen LogP contribution in [0.2, 0.25) is 0 Å². The summed E-state index contributed by atoms with van der Waals surface area (Å²) in [4.78, 5) is 2.48. The van der Waals surface area contributed by atoms with Gasteiger partial charge in [-0.3, -0.25) is 4.90 Å². The third-order valence-electron chi connectivity index (χ3n) is 3.11. The van der Waals surface area contributed by atoms with E-state index in [4.69, 9.17) is 4.74 Å². The van der Waals surface area contributed by atoms with Crippen molar-refractivity contribution in [1.29, 1.82) is 0 Å². The van der Waals surface area contributed by atoms with Gasteiger partial charge in [0.1, 0.15) is 12.4 Å². The number of benzene rings is 1. The second kappa shape index (κ2) is 7.67. The Bertz CT molecular complexity index is 353. The van der Waals surface area contributed by atoms with E-state index in [2.05, 4.69) is 28.4 Å². The third kappa shape index (κ3) is 4.19. The SMILES string of the molecule is CNCc1ccccc1OCCN1CCSCC1. The van der Waals surface area contributed by atoms with Crippen LogP contribution in [0.4, 0.5) is 0 Å². The molecule has 0 aliphatic carbocycles. The van der Waals surface area contributed by atoms with E-state index in [0.29, 0.717) is 0 Å².